The molecule has 0 spiro atoms. The number of nitrogens with one attached hydrogen (secondary N) is 1. The summed E-state index contributed by atoms with van der Waals surface area (Å²) in [5.74, 6) is -0.00583. The van der Waals surface area contributed by atoms with Gasteiger partial charge >= 0.3 is 0 Å². The number of hydrogen-bond acceptors (Lipinski definition) is 2. The van der Waals surface area contributed by atoms with Crippen LogP contribution in [0.3, 0.4) is 0 Å². The molecule has 0 saturated carbocycles. The molecule has 0 fully saturated rings. The predicted octanol–water partition coefficient (Wildman–Crippen LogP) is 2.60. The van der Waals surface area contributed by atoms with Crippen molar-refractivity contribution in [3.05, 3.63) is 34.9 Å². The van der Waals surface area contributed by atoms with Crippen molar-refractivity contribution in [2.75, 3.05) is 13.1 Å². The Morgan fingerprint density at radius 1 is 1.43 bits per heavy atom. The van der Waals surface area contributed by atoms with Crippen molar-refractivity contribution >= 4 is 12.3 Å². The molecule has 1 atom stereocenters. The van der Waals surface area contributed by atoms with Crippen molar-refractivity contribution in [2.45, 2.75) is 46.6 Å². The quantitative estimate of drug-likeness (QED) is 0.867. The van der Waals surface area contributed by atoms with Gasteiger partial charge in [0.2, 0.25) is 12.3 Å². The van der Waals surface area contributed by atoms with Gasteiger partial charge in [0.25, 0.3) is 0 Å². The molecule has 1 aromatic rings. The van der Waals surface area contributed by atoms with Crippen molar-refractivity contribution in [1.82, 2.24) is 10.2 Å². The van der Waals surface area contributed by atoms with Gasteiger partial charge in [0.15, 0.2) is 0 Å². The number of amides is 2. The van der Waals surface area contributed by atoms with Crippen LogP contribution in [0.15, 0.2) is 18.2 Å². The average Bonchev–Trinajstić information content (AvgIpc) is 2.50. The fourth-order valence-electron chi connectivity index (χ4n) is 2.75. The average molecular weight is 290 g/mol. The zero-order chi connectivity index (χ0) is 15.8. The van der Waals surface area contributed by atoms with Gasteiger partial charge in [-0.25, -0.2) is 0 Å². The van der Waals surface area contributed by atoms with Crippen LogP contribution < -0.4 is 5.32 Å². The van der Waals surface area contributed by atoms with Crippen LogP contribution in [0.1, 0.15) is 49.9 Å². The second-order valence-corrected chi connectivity index (χ2v) is 4.91. The van der Waals surface area contributed by atoms with Crippen LogP contribution in [0.2, 0.25) is 0 Å². The van der Waals surface area contributed by atoms with Crippen LogP contribution in [0.25, 0.3) is 0 Å². The van der Waals surface area contributed by atoms with Crippen LogP contribution in [0.4, 0.5) is 0 Å². The zero-order valence-corrected chi connectivity index (χ0v) is 13.5. The van der Waals surface area contributed by atoms with E-state index in [1.807, 2.05) is 32.9 Å². The summed E-state index contributed by atoms with van der Waals surface area (Å²) in [6, 6.07) is 5.97. The number of rotatable bonds is 4. The Morgan fingerprint density at radius 3 is 2.76 bits per heavy atom. The monoisotopic (exact) mass is 290 g/mol. The van der Waals surface area contributed by atoms with Crippen molar-refractivity contribution < 1.29 is 9.59 Å². The number of fused-ring (bicyclic) bond motifs is 1. The van der Waals surface area contributed by atoms with Crippen LogP contribution in [-0.4, -0.2) is 30.3 Å². The van der Waals surface area contributed by atoms with E-state index in [0.717, 1.165) is 18.4 Å². The van der Waals surface area contributed by atoms with Gasteiger partial charge in [-0.15, -0.1) is 0 Å². The first-order chi connectivity index (χ1) is 10.2. The van der Waals surface area contributed by atoms with E-state index in [1.54, 1.807) is 4.90 Å². The highest BCUT2D eigenvalue weighted by molar-refractivity contribution is 5.77. The molecule has 1 heterocycles. The lowest BCUT2D eigenvalue weighted by atomic mass is 9.88. The number of aryl methyl sites for hydroxylation is 1. The minimum Gasteiger partial charge on any atom is -0.356 e. The van der Waals surface area contributed by atoms with E-state index in [4.69, 9.17) is 0 Å². The van der Waals surface area contributed by atoms with Crippen LogP contribution in [-0.2, 0) is 16.0 Å². The number of benzene rings is 1. The highest BCUT2D eigenvalue weighted by Crippen LogP contribution is 2.32. The molecule has 1 aromatic carbocycles. The predicted molar refractivity (Wildman–Crippen MR) is 85.0 cm³/mol. The van der Waals surface area contributed by atoms with Gasteiger partial charge in [-0.05, 0) is 37.0 Å². The fourth-order valence-corrected chi connectivity index (χ4v) is 2.75. The standard InChI is InChI=1S/C15H20N2O2.C2H6/c1-3-16-15(19)9-14-13-6-4-5-11(2)12(13)7-8-17(14)10-18;1-2/h4-6,10,14H,3,7-9H2,1-2H3,(H,16,19);1-2H3. The third kappa shape index (κ3) is 4.06. The molecule has 0 aromatic heterocycles. The lowest BCUT2D eigenvalue weighted by Gasteiger charge is -2.35. The van der Waals surface area contributed by atoms with E-state index in [2.05, 4.69) is 18.3 Å². The first-order valence-electron chi connectivity index (χ1n) is 7.73. The summed E-state index contributed by atoms with van der Waals surface area (Å²) in [5, 5.41) is 2.80. The van der Waals surface area contributed by atoms with E-state index in [9.17, 15) is 9.59 Å². The molecule has 1 N–H and O–H groups in total. The van der Waals surface area contributed by atoms with Gasteiger partial charge in [-0.2, -0.15) is 0 Å². The molecule has 1 aliphatic rings. The van der Waals surface area contributed by atoms with Gasteiger partial charge in [0.1, 0.15) is 0 Å². The topological polar surface area (TPSA) is 49.4 Å². The van der Waals surface area contributed by atoms with Crippen LogP contribution in [0.5, 0.6) is 0 Å². The van der Waals surface area contributed by atoms with E-state index in [1.165, 1.54) is 11.1 Å². The van der Waals surface area contributed by atoms with Gasteiger partial charge in [-0.1, -0.05) is 32.0 Å². The summed E-state index contributed by atoms with van der Waals surface area (Å²) < 4.78 is 0. The fraction of sp³-hybridized carbons (Fsp3) is 0.529. The van der Waals surface area contributed by atoms with Crippen LogP contribution >= 0.6 is 0 Å². The Bertz CT molecular complexity index is 486. The Morgan fingerprint density at radius 2 is 2.14 bits per heavy atom. The lowest BCUT2D eigenvalue weighted by molar-refractivity contribution is -0.125. The maximum absolute atomic E-state index is 11.8. The Labute approximate surface area is 127 Å². The van der Waals surface area contributed by atoms with E-state index in [-0.39, 0.29) is 11.9 Å². The van der Waals surface area contributed by atoms with Crippen molar-refractivity contribution in [3.63, 3.8) is 0 Å². The molecule has 2 rings (SSSR count). The summed E-state index contributed by atoms with van der Waals surface area (Å²) in [5.41, 5.74) is 3.64. The van der Waals surface area contributed by atoms with Gasteiger partial charge < -0.3 is 10.2 Å². The molecule has 4 heteroatoms. The summed E-state index contributed by atoms with van der Waals surface area (Å²) in [7, 11) is 0. The molecule has 1 aliphatic heterocycles. The molecule has 4 nitrogen and oxygen atoms in total. The molecule has 0 radical (unpaired) electrons. The minimum absolute atomic E-state index is 0.00583. The molecule has 21 heavy (non-hydrogen) atoms. The van der Waals surface area contributed by atoms with Gasteiger partial charge in [0.05, 0.1) is 12.5 Å². The minimum atomic E-state index is -0.132. The number of hydrogen-bond donors (Lipinski definition) is 1. The second-order valence-electron chi connectivity index (χ2n) is 4.91. The maximum atomic E-state index is 11.8. The van der Waals surface area contributed by atoms with Crippen molar-refractivity contribution in [2.24, 2.45) is 0 Å². The molecule has 0 aliphatic carbocycles. The number of nitrogens with zero attached hydrogens (tertiary/aromatic N) is 1. The highest BCUT2D eigenvalue weighted by Gasteiger charge is 2.28. The normalized spacial score (nSPS) is 16.4. The summed E-state index contributed by atoms with van der Waals surface area (Å²) in [4.78, 5) is 24.7. The molecule has 116 valence electrons. The third-order valence-electron chi connectivity index (χ3n) is 3.71. The van der Waals surface area contributed by atoms with Crippen molar-refractivity contribution in [3.8, 4) is 0 Å². The lowest BCUT2D eigenvalue weighted by Crippen LogP contribution is -2.38. The van der Waals surface area contributed by atoms with Crippen LogP contribution in [0, 0.1) is 6.92 Å². The number of carbonyl (C=O) groups is 2. The zero-order valence-electron chi connectivity index (χ0n) is 13.5. The molecule has 1 unspecified atom stereocenters. The van der Waals surface area contributed by atoms with Gasteiger partial charge in [0, 0.05) is 13.1 Å². The SMILES string of the molecule is CC.CCNC(=O)CC1c2cccc(C)c2CCN1C=O. The Hall–Kier alpha value is -1.84. The largest absolute Gasteiger partial charge is 0.356 e. The van der Waals surface area contributed by atoms with Crippen molar-refractivity contribution in [1.29, 1.82) is 0 Å². The first-order valence-corrected chi connectivity index (χ1v) is 7.73. The van der Waals surface area contributed by atoms with E-state index >= 15 is 0 Å². The maximum Gasteiger partial charge on any atom is 0.222 e. The summed E-state index contributed by atoms with van der Waals surface area (Å²) in [6.45, 7) is 9.28. The second kappa shape index (κ2) is 8.45. The summed E-state index contributed by atoms with van der Waals surface area (Å²) >= 11 is 0. The number of carbonyl (C=O) groups excluding carboxylic acids is 2. The van der Waals surface area contributed by atoms with E-state index in [0.29, 0.717) is 19.5 Å². The molecule has 0 saturated heterocycles. The molecular formula is C17H26N2O2. The Balaban J connectivity index is 0.00000106. The molecular weight excluding hydrogens is 264 g/mol. The first kappa shape index (κ1) is 17.2. The molecule has 0 bridgehead atoms. The highest BCUT2D eigenvalue weighted by atomic mass is 16.2. The van der Waals surface area contributed by atoms with Gasteiger partial charge in [-0.3, -0.25) is 9.59 Å². The molecule has 2 amide bonds. The third-order valence-corrected chi connectivity index (χ3v) is 3.71. The summed E-state index contributed by atoms with van der Waals surface area (Å²) in [6.07, 6.45) is 2.06. The van der Waals surface area contributed by atoms with E-state index < -0.39 is 0 Å². The Kier molecular flexibility index (Phi) is 6.92. The smallest absolute Gasteiger partial charge is 0.222 e.